The van der Waals surface area contributed by atoms with E-state index in [0.717, 1.165) is 0 Å². The lowest BCUT2D eigenvalue weighted by molar-refractivity contribution is -0.119. The van der Waals surface area contributed by atoms with Crippen molar-refractivity contribution in [2.45, 2.75) is 24.2 Å². The standard InChI is InChI=1S/C14H17N5O2S2/c1-9(2)15-11(20)8-22-14-19-18-13(23-14)17-12(21)16-10-6-4-3-5-7-10/h3-7,9H,8H2,1-2H3,(H,15,20)(H2,16,17,18,21). The third kappa shape index (κ3) is 6.25. The molecule has 1 heterocycles. The third-order valence-electron chi connectivity index (χ3n) is 2.43. The normalized spacial score (nSPS) is 10.4. The second kappa shape index (κ2) is 8.49. The summed E-state index contributed by atoms with van der Waals surface area (Å²) in [5, 5.41) is 16.3. The molecule has 0 aliphatic carbocycles. The molecule has 2 aromatic rings. The molecule has 0 saturated carbocycles. The molecule has 1 aromatic heterocycles. The van der Waals surface area contributed by atoms with Crippen molar-refractivity contribution < 1.29 is 9.59 Å². The first-order valence-electron chi connectivity index (χ1n) is 6.91. The zero-order chi connectivity index (χ0) is 16.7. The van der Waals surface area contributed by atoms with Gasteiger partial charge in [-0.2, -0.15) is 0 Å². The van der Waals surface area contributed by atoms with Crippen LogP contribution in [0.5, 0.6) is 0 Å². The van der Waals surface area contributed by atoms with E-state index in [1.807, 2.05) is 32.0 Å². The highest BCUT2D eigenvalue weighted by Gasteiger charge is 2.11. The van der Waals surface area contributed by atoms with Gasteiger partial charge in [0.1, 0.15) is 0 Å². The zero-order valence-electron chi connectivity index (χ0n) is 12.7. The van der Waals surface area contributed by atoms with Crippen LogP contribution in [0.3, 0.4) is 0 Å². The second-order valence-electron chi connectivity index (χ2n) is 4.83. The van der Waals surface area contributed by atoms with Crippen molar-refractivity contribution in [1.82, 2.24) is 15.5 Å². The Morgan fingerprint density at radius 2 is 1.91 bits per heavy atom. The molecule has 0 aliphatic rings. The Morgan fingerprint density at radius 3 is 2.61 bits per heavy atom. The molecule has 7 nitrogen and oxygen atoms in total. The lowest BCUT2D eigenvalue weighted by atomic mass is 10.3. The highest BCUT2D eigenvalue weighted by Crippen LogP contribution is 2.25. The molecule has 0 fully saturated rings. The Morgan fingerprint density at radius 1 is 1.17 bits per heavy atom. The predicted octanol–water partition coefficient (Wildman–Crippen LogP) is 2.80. The van der Waals surface area contributed by atoms with Crippen molar-refractivity contribution in [1.29, 1.82) is 0 Å². The Balaban J connectivity index is 1.80. The number of carbonyl (C=O) groups is 2. The van der Waals surface area contributed by atoms with Crippen molar-refractivity contribution in [3.05, 3.63) is 30.3 Å². The van der Waals surface area contributed by atoms with Crippen LogP contribution in [0.15, 0.2) is 34.7 Å². The average molecular weight is 351 g/mol. The number of hydrogen-bond donors (Lipinski definition) is 3. The largest absolute Gasteiger partial charge is 0.353 e. The van der Waals surface area contributed by atoms with Gasteiger partial charge in [-0.25, -0.2) is 4.79 Å². The van der Waals surface area contributed by atoms with Gasteiger partial charge in [0.25, 0.3) is 0 Å². The van der Waals surface area contributed by atoms with Crippen molar-refractivity contribution in [2.24, 2.45) is 0 Å². The number of aromatic nitrogens is 2. The zero-order valence-corrected chi connectivity index (χ0v) is 14.3. The summed E-state index contributed by atoms with van der Waals surface area (Å²) >= 11 is 2.51. The van der Waals surface area contributed by atoms with E-state index in [2.05, 4.69) is 26.1 Å². The van der Waals surface area contributed by atoms with Crippen LogP contribution in [0.25, 0.3) is 0 Å². The van der Waals surface area contributed by atoms with Crippen molar-refractivity contribution in [3.8, 4) is 0 Å². The topological polar surface area (TPSA) is 96.0 Å². The summed E-state index contributed by atoms with van der Waals surface area (Å²) in [6.45, 7) is 3.81. The number of rotatable bonds is 6. The SMILES string of the molecule is CC(C)NC(=O)CSc1nnc(NC(=O)Nc2ccccc2)s1. The Labute approximate surface area is 142 Å². The van der Waals surface area contributed by atoms with Gasteiger partial charge in [-0.3, -0.25) is 10.1 Å². The van der Waals surface area contributed by atoms with Crippen LogP contribution in [0.1, 0.15) is 13.8 Å². The fraction of sp³-hybridized carbons (Fsp3) is 0.286. The van der Waals surface area contributed by atoms with Crippen LogP contribution in [-0.4, -0.2) is 33.9 Å². The number of hydrogen-bond acceptors (Lipinski definition) is 6. The molecule has 0 saturated heterocycles. The molecule has 0 aliphatic heterocycles. The minimum atomic E-state index is -0.388. The first kappa shape index (κ1) is 17.2. The number of amides is 3. The average Bonchev–Trinajstić information content (AvgIpc) is 2.93. The molecule has 0 radical (unpaired) electrons. The van der Waals surface area contributed by atoms with Gasteiger partial charge in [0.15, 0.2) is 4.34 Å². The predicted molar refractivity (Wildman–Crippen MR) is 93.0 cm³/mol. The van der Waals surface area contributed by atoms with Crippen LogP contribution in [0, 0.1) is 0 Å². The molecule has 122 valence electrons. The Bertz CT molecular complexity index is 660. The molecule has 0 atom stereocenters. The number of carbonyl (C=O) groups excluding carboxylic acids is 2. The maximum atomic E-state index is 11.8. The fourth-order valence-corrected chi connectivity index (χ4v) is 3.15. The van der Waals surface area contributed by atoms with Gasteiger partial charge < -0.3 is 10.6 Å². The number of nitrogens with zero attached hydrogens (tertiary/aromatic N) is 2. The fourth-order valence-electron chi connectivity index (χ4n) is 1.59. The number of nitrogens with one attached hydrogen (secondary N) is 3. The van der Waals surface area contributed by atoms with E-state index in [4.69, 9.17) is 0 Å². The number of para-hydroxylation sites is 1. The third-order valence-corrected chi connectivity index (χ3v) is 4.41. The van der Waals surface area contributed by atoms with E-state index in [-0.39, 0.29) is 23.7 Å². The molecule has 1 aromatic carbocycles. The van der Waals surface area contributed by atoms with E-state index in [9.17, 15) is 9.59 Å². The van der Waals surface area contributed by atoms with Crippen molar-refractivity contribution >= 4 is 45.9 Å². The second-order valence-corrected chi connectivity index (χ2v) is 7.03. The van der Waals surface area contributed by atoms with Gasteiger partial charge in [0, 0.05) is 11.7 Å². The van der Waals surface area contributed by atoms with E-state index < -0.39 is 0 Å². The van der Waals surface area contributed by atoms with Gasteiger partial charge in [-0.05, 0) is 26.0 Å². The summed E-state index contributed by atoms with van der Waals surface area (Å²) in [4.78, 5) is 23.4. The van der Waals surface area contributed by atoms with Gasteiger partial charge in [-0.1, -0.05) is 41.3 Å². The highest BCUT2D eigenvalue weighted by atomic mass is 32.2. The van der Waals surface area contributed by atoms with Gasteiger partial charge >= 0.3 is 6.03 Å². The Kier molecular flexibility index (Phi) is 6.36. The van der Waals surface area contributed by atoms with Crippen molar-refractivity contribution in [3.63, 3.8) is 0 Å². The molecule has 0 spiro atoms. The van der Waals surface area contributed by atoms with Crippen LogP contribution in [0.2, 0.25) is 0 Å². The summed E-state index contributed by atoms with van der Waals surface area (Å²) in [7, 11) is 0. The number of benzene rings is 1. The number of anilines is 2. The van der Waals surface area contributed by atoms with E-state index in [1.54, 1.807) is 12.1 Å². The van der Waals surface area contributed by atoms with E-state index in [0.29, 0.717) is 15.2 Å². The lowest BCUT2D eigenvalue weighted by Gasteiger charge is -2.06. The lowest BCUT2D eigenvalue weighted by Crippen LogP contribution is -2.31. The minimum absolute atomic E-state index is 0.0588. The number of urea groups is 1. The molecule has 9 heteroatoms. The molecule has 3 amide bonds. The molecular formula is C14H17N5O2S2. The van der Waals surface area contributed by atoms with Crippen LogP contribution >= 0.6 is 23.1 Å². The molecule has 2 rings (SSSR count). The van der Waals surface area contributed by atoms with E-state index in [1.165, 1.54) is 23.1 Å². The van der Waals surface area contributed by atoms with Gasteiger partial charge in [-0.15, -0.1) is 10.2 Å². The van der Waals surface area contributed by atoms with Crippen LogP contribution in [0.4, 0.5) is 15.6 Å². The summed E-state index contributed by atoms with van der Waals surface area (Å²) in [6.07, 6.45) is 0. The maximum absolute atomic E-state index is 11.8. The summed E-state index contributed by atoms with van der Waals surface area (Å²) in [6, 6.07) is 8.82. The minimum Gasteiger partial charge on any atom is -0.353 e. The first-order chi connectivity index (χ1) is 11.0. The van der Waals surface area contributed by atoms with Gasteiger partial charge in [0.05, 0.1) is 5.75 Å². The monoisotopic (exact) mass is 351 g/mol. The summed E-state index contributed by atoms with van der Waals surface area (Å²) in [5.41, 5.74) is 0.689. The van der Waals surface area contributed by atoms with Crippen molar-refractivity contribution in [2.75, 3.05) is 16.4 Å². The Hall–Kier alpha value is -2.13. The molecule has 3 N–H and O–H groups in total. The maximum Gasteiger partial charge on any atom is 0.325 e. The molecule has 0 unspecified atom stereocenters. The molecule has 23 heavy (non-hydrogen) atoms. The molecule has 0 bridgehead atoms. The number of thioether (sulfide) groups is 1. The van der Waals surface area contributed by atoms with Crippen LogP contribution < -0.4 is 16.0 Å². The smallest absolute Gasteiger partial charge is 0.325 e. The first-order valence-corrected chi connectivity index (χ1v) is 8.72. The van der Waals surface area contributed by atoms with Gasteiger partial charge in [0.2, 0.25) is 11.0 Å². The highest BCUT2D eigenvalue weighted by molar-refractivity contribution is 8.01. The van der Waals surface area contributed by atoms with Crippen LogP contribution in [-0.2, 0) is 4.79 Å². The summed E-state index contributed by atoms with van der Waals surface area (Å²) < 4.78 is 0.624. The molecular weight excluding hydrogens is 334 g/mol. The summed E-state index contributed by atoms with van der Waals surface area (Å²) in [5.74, 6) is 0.208. The van der Waals surface area contributed by atoms with E-state index >= 15 is 0 Å². The quantitative estimate of drug-likeness (QED) is 0.549.